The number of nitrogens with zero attached hydrogens (tertiary/aromatic N) is 9. The van der Waals surface area contributed by atoms with Crippen LogP contribution in [0.15, 0.2) is 91.4 Å². The van der Waals surface area contributed by atoms with Gasteiger partial charge in [-0.25, -0.2) is 37.5 Å². The Morgan fingerprint density at radius 2 is 1.07 bits per heavy atom. The standard InChI is InChI=1S/C21H21ClF2N6.C10H6Cl2FN3.C10H15FN4/c1-29-8-10-30(11-9-29)19-5-3-15(13-18(19)24)27-21-25-7-6-20(28-21)26-14-2-4-17(23)16(22)12-14;11-7-5-6(1-2-8(7)13)15-9-3-4-14-10(12)16-9;1-14-2-4-15(5-3-14)10-9(11)6-8(12)7-13-10/h2-7,12-13H,8-11H2,1H3,(H2,25,26,27,28);1-5H,(H,14,15,16);6-7H,2-5,12H2,1H3. The lowest BCUT2D eigenvalue weighted by Gasteiger charge is -2.34. The van der Waals surface area contributed by atoms with Gasteiger partial charge in [-0.2, -0.15) is 4.98 Å². The smallest absolute Gasteiger partial charge is 0.229 e. The van der Waals surface area contributed by atoms with E-state index >= 15 is 0 Å². The van der Waals surface area contributed by atoms with E-state index in [0.29, 0.717) is 51.8 Å². The Balaban J connectivity index is 0.000000169. The molecule has 3 aromatic carbocycles. The second kappa shape index (κ2) is 21.2. The van der Waals surface area contributed by atoms with Gasteiger partial charge in [-0.05, 0) is 92.4 Å². The molecule has 0 spiro atoms. The second-order valence-electron chi connectivity index (χ2n) is 13.9. The number of nitrogen functional groups attached to an aromatic ring is 1. The van der Waals surface area contributed by atoms with Crippen LogP contribution in [0.3, 0.4) is 0 Å². The van der Waals surface area contributed by atoms with Crippen LogP contribution in [0.1, 0.15) is 0 Å². The summed E-state index contributed by atoms with van der Waals surface area (Å²) in [6.07, 6.45) is 4.58. The summed E-state index contributed by atoms with van der Waals surface area (Å²) in [4.78, 5) is 28.7. The third-order valence-corrected chi connectivity index (χ3v) is 10.1. The molecular formula is C41H42Cl3F4N13. The first kappa shape index (κ1) is 44.8. The minimum absolute atomic E-state index is 0.0170. The number of hydrogen-bond donors (Lipinski definition) is 4. The van der Waals surface area contributed by atoms with E-state index < -0.39 is 11.6 Å². The molecule has 2 aliphatic heterocycles. The van der Waals surface area contributed by atoms with Crippen molar-refractivity contribution >= 4 is 86.6 Å². The minimum atomic E-state index is -0.491. The van der Waals surface area contributed by atoms with Crippen LogP contribution in [0.5, 0.6) is 0 Å². The number of rotatable bonds is 8. The lowest BCUT2D eigenvalue weighted by atomic mass is 10.2. The lowest BCUT2D eigenvalue weighted by Crippen LogP contribution is -2.45. The van der Waals surface area contributed by atoms with Crippen molar-refractivity contribution < 1.29 is 17.6 Å². The summed E-state index contributed by atoms with van der Waals surface area (Å²) in [5.74, 6) is 0.145. The highest BCUT2D eigenvalue weighted by Gasteiger charge is 2.19. The third kappa shape index (κ3) is 13.1. The first-order valence-electron chi connectivity index (χ1n) is 18.9. The van der Waals surface area contributed by atoms with Crippen molar-refractivity contribution in [2.24, 2.45) is 0 Å². The molecule has 61 heavy (non-hydrogen) atoms. The van der Waals surface area contributed by atoms with Crippen molar-refractivity contribution in [1.29, 1.82) is 0 Å². The fourth-order valence-corrected chi connectivity index (χ4v) is 6.56. The van der Waals surface area contributed by atoms with Gasteiger partial charge in [0.15, 0.2) is 11.6 Å². The molecule has 6 aromatic rings. The van der Waals surface area contributed by atoms with Crippen molar-refractivity contribution in [3.63, 3.8) is 0 Å². The molecule has 0 atom stereocenters. The first-order chi connectivity index (χ1) is 29.3. The number of nitrogens with one attached hydrogen (secondary N) is 3. The molecule has 0 amide bonds. The predicted octanol–water partition coefficient (Wildman–Crippen LogP) is 8.87. The highest BCUT2D eigenvalue weighted by molar-refractivity contribution is 6.31. The molecule has 3 aromatic heterocycles. The summed E-state index contributed by atoms with van der Waals surface area (Å²) in [7, 11) is 4.12. The topological polar surface area (TPSA) is 140 Å². The molecular weight excluding hydrogens is 857 g/mol. The average molecular weight is 899 g/mol. The van der Waals surface area contributed by atoms with Crippen LogP contribution in [-0.4, -0.2) is 101 Å². The molecule has 8 rings (SSSR count). The summed E-state index contributed by atoms with van der Waals surface area (Å²) < 4.78 is 54.4. The molecule has 0 saturated carbocycles. The Bertz CT molecular complexity index is 2400. The molecule has 2 saturated heterocycles. The minimum Gasteiger partial charge on any atom is -0.397 e. The second-order valence-corrected chi connectivity index (χ2v) is 15.1. The molecule has 2 aliphatic rings. The number of benzene rings is 3. The molecule has 0 aliphatic carbocycles. The Morgan fingerprint density at radius 1 is 0.541 bits per heavy atom. The zero-order valence-electron chi connectivity index (χ0n) is 33.1. The van der Waals surface area contributed by atoms with Gasteiger partial charge in [0.05, 0.1) is 27.6 Å². The van der Waals surface area contributed by atoms with Crippen LogP contribution in [0.4, 0.5) is 69.4 Å². The van der Waals surface area contributed by atoms with E-state index in [2.05, 4.69) is 64.8 Å². The molecule has 0 unspecified atom stereocenters. The van der Waals surface area contributed by atoms with Crippen molar-refractivity contribution in [1.82, 2.24) is 34.7 Å². The van der Waals surface area contributed by atoms with Gasteiger partial charge in [0, 0.05) is 87.9 Å². The quantitative estimate of drug-likeness (QED) is 0.0856. The van der Waals surface area contributed by atoms with E-state index in [1.807, 2.05) is 9.80 Å². The van der Waals surface area contributed by atoms with Crippen LogP contribution in [-0.2, 0) is 0 Å². The summed E-state index contributed by atoms with van der Waals surface area (Å²) in [5, 5.41) is 9.18. The zero-order chi connectivity index (χ0) is 43.5. The van der Waals surface area contributed by atoms with Crippen LogP contribution < -0.4 is 31.5 Å². The Labute approximate surface area is 365 Å². The Hall–Kier alpha value is -5.72. The number of aromatic nitrogens is 5. The van der Waals surface area contributed by atoms with Gasteiger partial charge in [0.1, 0.15) is 29.1 Å². The number of nitrogens with two attached hydrogens (primary N) is 1. The number of piperazine rings is 2. The normalized spacial score (nSPS) is 14.3. The molecule has 20 heteroatoms. The molecule has 5 N–H and O–H groups in total. The monoisotopic (exact) mass is 897 g/mol. The van der Waals surface area contributed by atoms with Crippen molar-refractivity contribution in [2.45, 2.75) is 0 Å². The first-order valence-corrected chi connectivity index (χ1v) is 20.0. The van der Waals surface area contributed by atoms with Crippen molar-refractivity contribution in [3.05, 3.63) is 130 Å². The predicted molar refractivity (Wildman–Crippen MR) is 236 cm³/mol. The van der Waals surface area contributed by atoms with Gasteiger partial charge in [0.2, 0.25) is 11.2 Å². The van der Waals surface area contributed by atoms with Crippen LogP contribution >= 0.6 is 34.8 Å². The summed E-state index contributed by atoms with van der Waals surface area (Å²) in [6, 6.07) is 18.2. The maximum absolute atomic E-state index is 14.7. The average Bonchev–Trinajstić information content (AvgIpc) is 3.22. The van der Waals surface area contributed by atoms with Gasteiger partial charge in [-0.3, -0.25) is 0 Å². The van der Waals surface area contributed by atoms with E-state index in [9.17, 15) is 17.6 Å². The SMILES string of the molecule is CN1CCN(c2ccc(Nc3nccc(Nc4ccc(F)c(Cl)c4)n3)cc2F)CC1.CN1CCN(c2ncc(N)cc2F)CC1.Fc1ccc(Nc2ccnc(Cl)n2)cc1Cl. The van der Waals surface area contributed by atoms with Gasteiger partial charge in [0.25, 0.3) is 0 Å². The van der Waals surface area contributed by atoms with Crippen LogP contribution in [0.25, 0.3) is 0 Å². The number of hydrogen-bond acceptors (Lipinski definition) is 13. The van der Waals surface area contributed by atoms with E-state index in [0.717, 1.165) is 52.4 Å². The molecule has 13 nitrogen and oxygen atoms in total. The van der Waals surface area contributed by atoms with Crippen LogP contribution in [0, 0.1) is 23.3 Å². The Morgan fingerprint density at radius 3 is 1.61 bits per heavy atom. The molecule has 5 heterocycles. The third-order valence-electron chi connectivity index (χ3n) is 9.36. The fourth-order valence-electron chi connectivity index (χ4n) is 6.05. The summed E-state index contributed by atoms with van der Waals surface area (Å²) >= 11 is 17.1. The van der Waals surface area contributed by atoms with E-state index in [1.54, 1.807) is 42.6 Å². The Kier molecular flexibility index (Phi) is 15.6. The largest absolute Gasteiger partial charge is 0.397 e. The van der Waals surface area contributed by atoms with Gasteiger partial charge < -0.3 is 41.3 Å². The number of likely N-dealkylation sites (N-methyl/N-ethyl adjacent to an activating group) is 2. The molecule has 0 radical (unpaired) electrons. The summed E-state index contributed by atoms with van der Waals surface area (Å²) in [6.45, 7) is 6.90. The number of halogens is 7. The molecule has 2 fully saturated rings. The number of anilines is 9. The molecule has 0 bridgehead atoms. The van der Waals surface area contributed by atoms with Gasteiger partial charge in [-0.15, -0.1) is 0 Å². The van der Waals surface area contributed by atoms with Crippen molar-refractivity contribution in [2.75, 3.05) is 97.9 Å². The van der Waals surface area contributed by atoms with Crippen molar-refractivity contribution in [3.8, 4) is 0 Å². The highest BCUT2D eigenvalue weighted by Crippen LogP contribution is 2.27. The van der Waals surface area contributed by atoms with E-state index in [1.165, 1.54) is 48.8 Å². The maximum Gasteiger partial charge on any atom is 0.229 e. The zero-order valence-corrected chi connectivity index (χ0v) is 35.3. The fraction of sp³-hybridized carbons (Fsp3) is 0.244. The maximum atomic E-state index is 14.7. The highest BCUT2D eigenvalue weighted by atomic mass is 35.5. The lowest BCUT2D eigenvalue weighted by molar-refractivity contribution is 0.311. The molecule has 320 valence electrons. The van der Waals surface area contributed by atoms with Crippen LogP contribution in [0.2, 0.25) is 15.3 Å². The number of pyridine rings is 1. The van der Waals surface area contributed by atoms with E-state index in [4.69, 9.17) is 40.5 Å². The van der Waals surface area contributed by atoms with E-state index in [-0.39, 0.29) is 27.0 Å². The summed E-state index contributed by atoms with van der Waals surface area (Å²) in [5.41, 5.74) is 8.18. The van der Waals surface area contributed by atoms with Gasteiger partial charge >= 0.3 is 0 Å². The van der Waals surface area contributed by atoms with Gasteiger partial charge in [-0.1, -0.05) is 23.2 Å².